The first-order chi connectivity index (χ1) is 9.79. The van der Waals surface area contributed by atoms with Crippen molar-refractivity contribution in [2.45, 2.75) is 38.1 Å². The molecule has 21 heavy (non-hydrogen) atoms. The van der Waals surface area contributed by atoms with Gasteiger partial charge < -0.3 is 11.1 Å². The maximum atomic E-state index is 12.4. The van der Waals surface area contributed by atoms with Crippen molar-refractivity contribution in [3.8, 4) is 0 Å². The Balaban J connectivity index is 3.10. The molecule has 1 heterocycles. The SMILES string of the molecule is CCCNc1ccncc1S(=O)(=O)NC(C(N)=O)C(C)C. The van der Waals surface area contributed by atoms with Crippen molar-refractivity contribution in [2.24, 2.45) is 11.7 Å². The van der Waals surface area contributed by atoms with Gasteiger partial charge in [-0.3, -0.25) is 9.78 Å². The molecule has 7 nitrogen and oxygen atoms in total. The second-order valence-electron chi connectivity index (χ2n) is 5.04. The fourth-order valence-corrected chi connectivity index (χ4v) is 3.23. The quantitative estimate of drug-likeness (QED) is 0.653. The molecule has 4 N–H and O–H groups in total. The molecule has 0 aliphatic heterocycles. The normalized spacial score (nSPS) is 13.1. The van der Waals surface area contributed by atoms with E-state index in [1.54, 1.807) is 19.9 Å². The van der Waals surface area contributed by atoms with E-state index in [2.05, 4.69) is 15.0 Å². The zero-order valence-corrected chi connectivity index (χ0v) is 13.3. The molecule has 0 aromatic carbocycles. The summed E-state index contributed by atoms with van der Waals surface area (Å²) in [6, 6.07) is 0.619. The van der Waals surface area contributed by atoms with E-state index in [-0.39, 0.29) is 10.8 Å². The Morgan fingerprint density at radius 2 is 2.10 bits per heavy atom. The van der Waals surface area contributed by atoms with Crippen LogP contribution in [0.3, 0.4) is 0 Å². The van der Waals surface area contributed by atoms with E-state index in [0.29, 0.717) is 12.2 Å². The summed E-state index contributed by atoms with van der Waals surface area (Å²) in [5.74, 6) is -0.957. The monoisotopic (exact) mass is 314 g/mol. The summed E-state index contributed by atoms with van der Waals surface area (Å²) in [5, 5.41) is 3.03. The maximum Gasteiger partial charge on any atom is 0.244 e. The van der Waals surface area contributed by atoms with Gasteiger partial charge >= 0.3 is 0 Å². The third-order valence-corrected chi connectivity index (χ3v) is 4.36. The molecule has 0 fully saturated rings. The van der Waals surface area contributed by atoms with Gasteiger partial charge in [0.15, 0.2) is 0 Å². The van der Waals surface area contributed by atoms with Crippen molar-refractivity contribution < 1.29 is 13.2 Å². The Kier molecular flexibility index (Phi) is 6.10. The van der Waals surface area contributed by atoms with Crippen molar-refractivity contribution >= 4 is 21.6 Å². The molecule has 1 rings (SSSR count). The molecule has 1 aromatic rings. The fraction of sp³-hybridized carbons (Fsp3) is 0.538. The molecule has 1 aromatic heterocycles. The second kappa shape index (κ2) is 7.37. The molecule has 118 valence electrons. The summed E-state index contributed by atoms with van der Waals surface area (Å²) in [6.07, 6.45) is 3.61. The first-order valence-corrected chi connectivity index (χ1v) is 8.27. The summed E-state index contributed by atoms with van der Waals surface area (Å²) >= 11 is 0. The van der Waals surface area contributed by atoms with Crippen molar-refractivity contribution in [2.75, 3.05) is 11.9 Å². The van der Waals surface area contributed by atoms with Crippen molar-refractivity contribution in [3.63, 3.8) is 0 Å². The van der Waals surface area contributed by atoms with Crippen LogP contribution in [-0.4, -0.2) is 31.9 Å². The lowest BCUT2D eigenvalue weighted by Gasteiger charge is -2.20. The predicted octanol–water partition coefficient (Wildman–Crippen LogP) is 0.692. The second-order valence-corrected chi connectivity index (χ2v) is 6.73. The van der Waals surface area contributed by atoms with Crippen LogP contribution in [0.2, 0.25) is 0 Å². The Hall–Kier alpha value is -1.67. The van der Waals surface area contributed by atoms with Crippen LogP contribution in [-0.2, 0) is 14.8 Å². The highest BCUT2D eigenvalue weighted by atomic mass is 32.2. The smallest absolute Gasteiger partial charge is 0.244 e. The number of primary amides is 1. The zero-order valence-electron chi connectivity index (χ0n) is 12.5. The highest BCUT2D eigenvalue weighted by Crippen LogP contribution is 2.20. The van der Waals surface area contributed by atoms with Gasteiger partial charge in [-0.05, 0) is 18.4 Å². The lowest BCUT2D eigenvalue weighted by molar-refractivity contribution is -0.120. The highest BCUT2D eigenvalue weighted by Gasteiger charge is 2.28. The molecular formula is C13H22N4O3S. The number of aromatic nitrogens is 1. The van der Waals surface area contributed by atoms with Crippen molar-refractivity contribution in [1.29, 1.82) is 0 Å². The molecule has 0 saturated heterocycles. The number of nitrogens with two attached hydrogens (primary N) is 1. The number of sulfonamides is 1. The van der Waals surface area contributed by atoms with Crippen molar-refractivity contribution in [1.82, 2.24) is 9.71 Å². The summed E-state index contributed by atoms with van der Waals surface area (Å²) in [5.41, 5.74) is 5.69. The average molecular weight is 314 g/mol. The lowest BCUT2D eigenvalue weighted by Crippen LogP contribution is -2.47. The Labute approximate surface area is 125 Å². The van der Waals surface area contributed by atoms with Crippen LogP contribution in [0.5, 0.6) is 0 Å². The minimum atomic E-state index is -3.89. The van der Waals surface area contributed by atoms with E-state index in [4.69, 9.17) is 5.73 Å². The van der Waals surface area contributed by atoms with E-state index in [1.165, 1.54) is 12.4 Å². The minimum absolute atomic E-state index is 0.00495. The number of carbonyl (C=O) groups excluding carboxylic acids is 1. The van der Waals surface area contributed by atoms with Crippen LogP contribution in [0.1, 0.15) is 27.2 Å². The molecule has 1 unspecified atom stereocenters. The number of hydrogen-bond acceptors (Lipinski definition) is 5. The van der Waals surface area contributed by atoms with Gasteiger partial charge in [0.1, 0.15) is 10.9 Å². The first-order valence-electron chi connectivity index (χ1n) is 6.79. The molecule has 0 saturated carbocycles. The molecule has 0 spiro atoms. The van der Waals surface area contributed by atoms with Gasteiger partial charge in [0.25, 0.3) is 0 Å². The zero-order chi connectivity index (χ0) is 16.0. The van der Waals surface area contributed by atoms with E-state index in [0.717, 1.165) is 6.42 Å². The molecule has 0 aliphatic carbocycles. The van der Waals surface area contributed by atoms with Gasteiger partial charge in [-0.25, -0.2) is 8.42 Å². The third-order valence-electron chi connectivity index (χ3n) is 2.89. The van der Waals surface area contributed by atoms with E-state index in [1.807, 2.05) is 6.92 Å². The van der Waals surface area contributed by atoms with Crippen LogP contribution >= 0.6 is 0 Å². The van der Waals surface area contributed by atoms with Crippen LogP contribution in [0.25, 0.3) is 0 Å². The summed E-state index contributed by atoms with van der Waals surface area (Å²) in [6.45, 7) is 6.05. The highest BCUT2D eigenvalue weighted by molar-refractivity contribution is 7.89. The fourth-order valence-electron chi connectivity index (χ4n) is 1.75. The number of carbonyl (C=O) groups is 1. The largest absolute Gasteiger partial charge is 0.384 e. The number of amides is 1. The standard InChI is InChI=1S/C13H22N4O3S/c1-4-6-16-10-5-7-15-8-11(10)21(19,20)17-12(9(2)3)13(14)18/h5,7-9,12,17H,4,6H2,1-3H3,(H2,14,18)(H,15,16). The summed E-state index contributed by atoms with van der Waals surface area (Å²) in [7, 11) is -3.89. The van der Waals surface area contributed by atoms with Gasteiger partial charge in [0, 0.05) is 18.9 Å². The molecule has 0 aliphatic rings. The van der Waals surface area contributed by atoms with Gasteiger partial charge in [0.2, 0.25) is 15.9 Å². The van der Waals surface area contributed by atoms with Crippen LogP contribution in [0.4, 0.5) is 5.69 Å². The molecule has 0 radical (unpaired) electrons. The third kappa shape index (κ3) is 4.68. The van der Waals surface area contributed by atoms with Gasteiger partial charge in [0.05, 0.1) is 5.69 Å². The van der Waals surface area contributed by atoms with Gasteiger partial charge in [-0.2, -0.15) is 4.72 Å². The number of anilines is 1. The number of rotatable bonds is 8. The van der Waals surface area contributed by atoms with Gasteiger partial charge in [-0.1, -0.05) is 20.8 Å². The molecular weight excluding hydrogens is 292 g/mol. The molecule has 8 heteroatoms. The number of nitrogens with zero attached hydrogens (tertiary/aromatic N) is 1. The minimum Gasteiger partial charge on any atom is -0.384 e. The predicted molar refractivity (Wildman–Crippen MR) is 81.2 cm³/mol. The number of nitrogens with one attached hydrogen (secondary N) is 2. The molecule has 1 atom stereocenters. The van der Waals surface area contributed by atoms with E-state index in [9.17, 15) is 13.2 Å². The van der Waals surface area contributed by atoms with E-state index < -0.39 is 22.0 Å². The van der Waals surface area contributed by atoms with Crippen LogP contribution in [0, 0.1) is 5.92 Å². The lowest BCUT2D eigenvalue weighted by atomic mass is 10.1. The summed E-state index contributed by atoms with van der Waals surface area (Å²) in [4.78, 5) is 15.2. The first kappa shape index (κ1) is 17.4. The maximum absolute atomic E-state index is 12.4. The number of pyridine rings is 1. The van der Waals surface area contributed by atoms with Crippen LogP contribution < -0.4 is 15.8 Å². The van der Waals surface area contributed by atoms with E-state index >= 15 is 0 Å². The van der Waals surface area contributed by atoms with Crippen molar-refractivity contribution in [3.05, 3.63) is 18.5 Å². The Morgan fingerprint density at radius 1 is 1.43 bits per heavy atom. The Bertz CT molecular complexity index is 587. The summed E-state index contributed by atoms with van der Waals surface area (Å²) < 4.78 is 27.2. The van der Waals surface area contributed by atoms with Gasteiger partial charge in [-0.15, -0.1) is 0 Å². The molecule has 1 amide bonds. The molecule has 0 bridgehead atoms. The van der Waals surface area contributed by atoms with Crippen LogP contribution in [0.15, 0.2) is 23.4 Å². The average Bonchev–Trinajstić information content (AvgIpc) is 2.42. The Morgan fingerprint density at radius 3 is 2.62 bits per heavy atom. The number of hydrogen-bond donors (Lipinski definition) is 3. The topological polar surface area (TPSA) is 114 Å².